The number of hydrazine groups is 1. The second-order valence-corrected chi connectivity index (χ2v) is 7.02. The van der Waals surface area contributed by atoms with Gasteiger partial charge in [-0.3, -0.25) is 5.01 Å². The van der Waals surface area contributed by atoms with Gasteiger partial charge in [0.15, 0.2) is 5.76 Å². The van der Waals surface area contributed by atoms with Crippen LogP contribution in [0.15, 0.2) is 59.1 Å². The second-order valence-electron chi connectivity index (χ2n) is 6.58. The molecule has 144 valence electrons. The zero-order valence-electron chi connectivity index (χ0n) is 15.1. The third-order valence-corrected chi connectivity index (χ3v) is 4.81. The van der Waals surface area contributed by atoms with Gasteiger partial charge >= 0.3 is 0 Å². The number of imidazole rings is 1. The van der Waals surface area contributed by atoms with Crippen molar-refractivity contribution in [3.05, 3.63) is 81.8 Å². The Kier molecular flexibility index (Phi) is 4.29. The van der Waals surface area contributed by atoms with E-state index in [2.05, 4.69) is 20.6 Å². The normalized spacial score (nSPS) is 12.7. The van der Waals surface area contributed by atoms with E-state index in [1.165, 1.54) is 6.07 Å². The van der Waals surface area contributed by atoms with Crippen LogP contribution in [0.25, 0.3) is 35.1 Å². The third kappa shape index (κ3) is 3.48. The Morgan fingerprint density at radius 2 is 1.93 bits per heavy atom. The van der Waals surface area contributed by atoms with Crippen molar-refractivity contribution in [3.63, 3.8) is 0 Å². The Labute approximate surface area is 169 Å². The van der Waals surface area contributed by atoms with Crippen LogP contribution in [0.2, 0.25) is 5.02 Å². The van der Waals surface area contributed by atoms with Gasteiger partial charge in [0.2, 0.25) is 0 Å². The van der Waals surface area contributed by atoms with E-state index in [4.69, 9.17) is 16.1 Å². The van der Waals surface area contributed by atoms with Crippen molar-refractivity contribution < 1.29 is 8.91 Å². The quantitative estimate of drug-likeness (QED) is 0.544. The van der Waals surface area contributed by atoms with Gasteiger partial charge in [-0.1, -0.05) is 28.9 Å². The van der Waals surface area contributed by atoms with E-state index in [9.17, 15) is 4.39 Å². The first kappa shape index (κ1) is 17.5. The molecule has 0 amide bonds. The van der Waals surface area contributed by atoms with Crippen molar-refractivity contribution in [3.8, 4) is 22.7 Å². The van der Waals surface area contributed by atoms with E-state index in [0.29, 0.717) is 34.1 Å². The Morgan fingerprint density at radius 3 is 2.76 bits per heavy atom. The zero-order valence-corrected chi connectivity index (χ0v) is 15.8. The number of halogens is 2. The molecule has 29 heavy (non-hydrogen) atoms. The number of H-pyrrole nitrogens is 1. The van der Waals surface area contributed by atoms with Crippen LogP contribution in [0, 0.1) is 5.82 Å². The minimum absolute atomic E-state index is 0.319. The van der Waals surface area contributed by atoms with Gasteiger partial charge < -0.3 is 14.9 Å². The summed E-state index contributed by atoms with van der Waals surface area (Å²) in [5.74, 6) is 0.832. The topological polar surface area (TPSA) is 70.0 Å². The first-order valence-corrected chi connectivity index (χ1v) is 9.31. The molecule has 5 rings (SSSR count). The Hall–Kier alpha value is -3.58. The molecular formula is C21H15ClFN5O. The van der Waals surface area contributed by atoms with Gasteiger partial charge in [0.1, 0.15) is 22.7 Å². The summed E-state index contributed by atoms with van der Waals surface area (Å²) in [5.41, 5.74) is 5.22. The number of nitrogens with one attached hydrogen (secondary N) is 2. The maximum Gasteiger partial charge on any atom is 0.167 e. The summed E-state index contributed by atoms with van der Waals surface area (Å²) in [7, 11) is 0. The molecule has 0 bridgehead atoms. The van der Waals surface area contributed by atoms with E-state index >= 15 is 0 Å². The molecule has 0 fully saturated rings. The molecule has 6 nitrogen and oxygen atoms in total. The van der Waals surface area contributed by atoms with E-state index in [0.717, 1.165) is 16.6 Å². The summed E-state index contributed by atoms with van der Waals surface area (Å²) < 4.78 is 19.5. The monoisotopic (exact) mass is 407 g/mol. The van der Waals surface area contributed by atoms with Crippen molar-refractivity contribution in [1.82, 2.24) is 25.6 Å². The largest absolute Gasteiger partial charge is 0.356 e. The minimum Gasteiger partial charge on any atom is -0.356 e. The molecule has 2 aromatic carbocycles. The van der Waals surface area contributed by atoms with Crippen LogP contribution in [-0.2, 0) is 6.54 Å². The van der Waals surface area contributed by atoms with Crippen LogP contribution in [0.3, 0.4) is 0 Å². The lowest BCUT2D eigenvalue weighted by atomic mass is 10.1. The molecule has 0 unspecified atom stereocenters. The van der Waals surface area contributed by atoms with Crippen LogP contribution < -0.4 is 16.1 Å². The average Bonchev–Trinajstić information content (AvgIpc) is 3.35. The number of nitrogens with zero attached hydrogens (tertiary/aromatic N) is 3. The molecule has 4 aromatic rings. The average molecular weight is 408 g/mol. The lowest BCUT2D eigenvalue weighted by Gasteiger charge is -2.19. The highest BCUT2D eigenvalue weighted by molar-refractivity contribution is 6.30. The highest BCUT2D eigenvalue weighted by Crippen LogP contribution is 2.23. The molecule has 0 saturated heterocycles. The number of benzene rings is 2. The van der Waals surface area contributed by atoms with Gasteiger partial charge in [-0.25, -0.2) is 9.37 Å². The Morgan fingerprint density at radius 1 is 1.10 bits per heavy atom. The lowest BCUT2D eigenvalue weighted by molar-refractivity contribution is 0.333. The maximum atomic E-state index is 14.0. The van der Waals surface area contributed by atoms with Crippen molar-refractivity contribution in [1.29, 1.82) is 0 Å². The van der Waals surface area contributed by atoms with Crippen LogP contribution >= 0.6 is 11.6 Å². The Bertz CT molecular complexity index is 1300. The second kappa shape index (κ2) is 7.10. The molecular weight excluding hydrogens is 393 g/mol. The first-order valence-electron chi connectivity index (χ1n) is 8.93. The fourth-order valence-corrected chi connectivity index (χ4v) is 3.25. The fourth-order valence-electron chi connectivity index (χ4n) is 3.13. The van der Waals surface area contributed by atoms with Gasteiger partial charge in [0.05, 0.1) is 17.5 Å². The molecule has 0 aliphatic carbocycles. The molecule has 2 N–H and O–H groups in total. The summed E-state index contributed by atoms with van der Waals surface area (Å²) in [4.78, 5) is 7.62. The Balaban J connectivity index is 1.38. The van der Waals surface area contributed by atoms with Gasteiger partial charge in [-0.15, -0.1) is 0 Å². The summed E-state index contributed by atoms with van der Waals surface area (Å²) in [6.45, 7) is 0.473. The summed E-state index contributed by atoms with van der Waals surface area (Å²) >= 11 is 5.93. The molecule has 8 heteroatoms. The highest BCUT2D eigenvalue weighted by Gasteiger charge is 2.13. The van der Waals surface area contributed by atoms with E-state index in [-0.39, 0.29) is 5.82 Å². The fraction of sp³-hybridized carbons (Fsp3) is 0.0476. The molecule has 2 aromatic heterocycles. The van der Waals surface area contributed by atoms with Gasteiger partial charge in [-0.2, -0.15) is 0 Å². The third-order valence-electron chi connectivity index (χ3n) is 4.56. The van der Waals surface area contributed by atoms with Crippen molar-refractivity contribution >= 4 is 24.0 Å². The first-order chi connectivity index (χ1) is 14.2. The van der Waals surface area contributed by atoms with Crippen molar-refractivity contribution in [2.75, 3.05) is 0 Å². The van der Waals surface area contributed by atoms with Crippen LogP contribution in [-0.4, -0.2) is 20.1 Å². The number of rotatable bonds is 4. The highest BCUT2D eigenvalue weighted by atomic mass is 35.5. The van der Waals surface area contributed by atoms with E-state index in [1.54, 1.807) is 36.5 Å². The van der Waals surface area contributed by atoms with Crippen molar-refractivity contribution in [2.24, 2.45) is 0 Å². The molecule has 3 heterocycles. The van der Waals surface area contributed by atoms with Gasteiger partial charge in [-0.05, 0) is 36.4 Å². The van der Waals surface area contributed by atoms with E-state index < -0.39 is 0 Å². The molecule has 0 radical (unpaired) electrons. The predicted molar refractivity (Wildman–Crippen MR) is 108 cm³/mol. The number of aromatic nitrogens is 3. The molecule has 0 spiro atoms. The SMILES string of the molecule is Fc1ccccc1-c1nc2c([nH]1)=CN(Cc1cc(-c3ccc(Cl)cc3)on1)NC=2. The van der Waals surface area contributed by atoms with Gasteiger partial charge in [0.25, 0.3) is 0 Å². The molecule has 0 atom stereocenters. The number of fused-ring (bicyclic) bond motifs is 1. The summed E-state index contributed by atoms with van der Waals surface area (Å²) in [6, 6.07) is 15.8. The number of aromatic amines is 1. The van der Waals surface area contributed by atoms with Crippen LogP contribution in [0.5, 0.6) is 0 Å². The smallest absolute Gasteiger partial charge is 0.167 e. The summed E-state index contributed by atoms with van der Waals surface area (Å²) in [5, 5.41) is 8.13. The lowest BCUT2D eigenvalue weighted by Crippen LogP contribution is -2.41. The zero-order chi connectivity index (χ0) is 19.8. The van der Waals surface area contributed by atoms with Gasteiger partial charge in [0, 0.05) is 29.1 Å². The van der Waals surface area contributed by atoms with Crippen LogP contribution in [0.1, 0.15) is 5.69 Å². The van der Waals surface area contributed by atoms with E-state index in [1.807, 2.05) is 29.4 Å². The van der Waals surface area contributed by atoms with Crippen LogP contribution in [0.4, 0.5) is 4.39 Å². The number of hydrogen-bond donors (Lipinski definition) is 2. The number of hydrogen-bond acceptors (Lipinski definition) is 5. The molecule has 1 aliphatic heterocycles. The predicted octanol–water partition coefficient (Wildman–Crippen LogP) is 3.02. The summed E-state index contributed by atoms with van der Waals surface area (Å²) in [6.07, 6.45) is 3.62. The van der Waals surface area contributed by atoms with Crippen molar-refractivity contribution in [2.45, 2.75) is 6.54 Å². The standard InChI is InChI=1S/C21H15ClFN5O/c22-14-7-5-13(6-8-14)20-9-15(27-29-20)11-28-12-19-18(10-24-28)25-21(26-19)16-3-1-2-4-17(16)23/h1-10,12,24H,11H2,(H,25,26). The maximum absolute atomic E-state index is 14.0. The molecule has 1 aliphatic rings. The minimum atomic E-state index is -0.319. The molecule has 0 saturated carbocycles.